The summed E-state index contributed by atoms with van der Waals surface area (Å²) in [7, 11) is 0. The molecule has 6 N–H and O–H groups in total. The fourth-order valence-corrected chi connectivity index (χ4v) is 3.96. The van der Waals surface area contributed by atoms with Crippen LogP contribution >= 0.6 is 0 Å². The molecular formula is C19H23F3N6. The number of fused-ring (bicyclic) bond motifs is 1. The molecule has 1 aromatic heterocycles. The van der Waals surface area contributed by atoms with Crippen LogP contribution in [0.3, 0.4) is 0 Å². The van der Waals surface area contributed by atoms with Gasteiger partial charge in [-0.1, -0.05) is 6.07 Å². The van der Waals surface area contributed by atoms with Crippen LogP contribution in [0.5, 0.6) is 0 Å². The molecule has 1 aliphatic carbocycles. The van der Waals surface area contributed by atoms with Crippen LogP contribution in [0.15, 0.2) is 42.7 Å². The zero-order valence-electron chi connectivity index (χ0n) is 15.2. The highest BCUT2D eigenvalue weighted by Gasteiger charge is 2.39. The Bertz CT molecular complexity index is 882. The summed E-state index contributed by atoms with van der Waals surface area (Å²) in [5.41, 5.74) is 15.3. The van der Waals surface area contributed by atoms with E-state index < -0.39 is 17.4 Å². The van der Waals surface area contributed by atoms with Crippen LogP contribution in [0.1, 0.15) is 37.1 Å². The van der Waals surface area contributed by atoms with Crippen molar-refractivity contribution in [3.05, 3.63) is 54.1 Å². The van der Waals surface area contributed by atoms with E-state index in [0.717, 1.165) is 37.8 Å². The second-order valence-electron chi connectivity index (χ2n) is 7.54. The van der Waals surface area contributed by atoms with E-state index in [4.69, 9.17) is 11.5 Å². The van der Waals surface area contributed by atoms with Gasteiger partial charge in [0.2, 0.25) is 0 Å². The standard InChI is InChI=1S/C19H23F3N6/c20-19(21,22)13-2-1-3-15(10-13)26-16-11-18(24,12-4-6-14(23)7-5-12)27-28-9-8-25-17(16)28/h1-3,8-12,14,26-27H,4-7,23-24H2. The molecule has 0 bridgehead atoms. The summed E-state index contributed by atoms with van der Waals surface area (Å²) < 4.78 is 40.8. The molecule has 6 nitrogen and oxygen atoms in total. The summed E-state index contributed by atoms with van der Waals surface area (Å²) in [6, 6.07) is 5.27. The molecule has 1 aromatic carbocycles. The topological polar surface area (TPSA) is 93.9 Å². The molecule has 1 saturated carbocycles. The molecule has 1 unspecified atom stereocenters. The van der Waals surface area contributed by atoms with E-state index in [9.17, 15) is 13.2 Å². The van der Waals surface area contributed by atoms with Gasteiger partial charge in [0.1, 0.15) is 5.66 Å². The summed E-state index contributed by atoms with van der Waals surface area (Å²) in [6.45, 7) is 0. The van der Waals surface area contributed by atoms with Crippen molar-refractivity contribution in [3.63, 3.8) is 0 Å². The minimum atomic E-state index is -4.41. The summed E-state index contributed by atoms with van der Waals surface area (Å²) in [6.07, 6.45) is 4.33. The van der Waals surface area contributed by atoms with Gasteiger partial charge in [-0.3, -0.25) is 0 Å². The number of alkyl halides is 3. The molecule has 150 valence electrons. The van der Waals surface area contributed by atoms with Crippen molar-refractivity contribution in [3.8, 4) is 0 Å². The van der Waals surface area contributed by atoms with Gasteiger partial charge >= 0.3 is 6.18 Å². The molecule has 28 heavy (non-hydrogen) atoms. The van der Waals surface area contributed by atoms with E-state index in [1.165, 1.54) is 6.07 Å². The number of halogens is 3. The van der Waals surface area contributed by atoms with Crippen molar-refractivity contribution in [2.24, 2.45) is 17.4 Å². The number of anilines is 1. The lowest BCUT2D eigenvalue weighted by Gasteiger charge is -2.42. The third-order valence-electron chi connectivity index (χ3n) is 5.50. The van der Waals surface area contributed by atoms with Gasteiger partial charge in [-0.25, -0.2) is 9.66 Å². The van der Waals surface area contributed by atoms with Gasteiger partial charge in [0, 0.05) is 30.0 Å². The number of aromatic nitrogens is 2. The molecule has 0 amide bonds. The zero-order valence-corrected chi connectivity index (χ0v) is 15.2. The number of hydrogen-bond acceptors (Lipinski definition) is 5. The fourth-order valence-electron chi connectivity index (χ4n) is 3.96. The summed E-state index contributed by atoms with van der Waals surface area (Å²) in [5, 5.41) is 3.07. The van der Waals surface area contributed by atoms with E-state index in [2.05, 4.69) is 15.7 Å². The fraction of sp³-hybridized carbons (Fsp3) is 0.421. The zero-order chi connectivity index (χ0) is 19.9. The first-order chi connectivity index (χ1) is 13.2. The van der Waals surface area contributed by atoms with Gasteiger partial charge in [-0.05, 0) is 50.0 Å². The summed E-state index contributed by atoms with van der Waals surface area (Å²) >= 11 is 0. The van der Waals surface area contributed by atoms with Gasteiger partial charge in [-0.2, -0.15) is 13.2 Å². The lowest BCUT2D eigenvalue weighted by molar-refractivity contribution is -0.137. The number of nitrogens with two attached hydrogens (primary N) is 2. The predicted molar refractivity (Wildman–Crippen MR) is 101 cm³/mol. The largest absolute Gasteiger partial charge is 0.416 e. The maximum absolute atomic E-state index is 13.0. The summed E-state index contributed by atoms with van der Waals surface area (Å²) in [5.74, 6) is 0.715. The van der Waals surface area contributed by atoms with Gasteiger partial charge in [-0.15, -0.1) is 0 Å². The van der Waals surface area contributed by atoms with Gasteiger partial charge in [0.05, 0.1) is 11.3 Å². The second kappa shape index (κ2) is 6.82. The highest BCUT2D eigenvalue weighted by molar-refractivity contribution is 5.76. The number of hydrogen-bond donors (Lipinski definition) is 4. The van der Waals surface area contributed by atoms with Crippen LogP contribution < -0.4 is 22.2 Å². The van der Waals surface area contributed by atoms with Gasteiger partial charge < -0.3 is 22.2 Å². The average Bonchev–Trinajstić information content (AvgIpc) is 3.10. The minimum Gasteiger partial charge on any atom is -0.353 e. The first-order valence-corrected chi connectivity index (χ1v) is 9.28. The summed E-state index contributed by atoms with van der Waals surface area (Å²) in [4.78, 5) is 4.30. The number of nitrogens with one attached hydrogen (secondary N) is 2. The Hall–Kier alpha value is -2.52. The Balaban J connectivity index is 1.65. The molecule has 0 saturated heterocycles. The Labute approximate surface area is 160 Å². The maximum Gasteiger partial charge on any atom is 0.416 e. The van der Waals surface area contributed by atoms with Crippen molar-refractivity contribution in [1.82, 2.24) is 9.66 Å². The normalized spacial score (nSPS) is 27.5. The van der Waals surface area contributed by atoms with E-state index in [1.54, 1.807) is 23.1 Å². The highest BCUT2D eigenvalue weighted by atomic mass is 19.4. The van der Waals surface area contributed by atoms with Crippen LogP contribution in [-0.4, -0.2) is 21.4 Å². The quantitative estimate of drug-likeness (QED) is 0.644. The minimum absolute atomic E-state index is 0.154. The lowest BCUT2D eigenvalue weighted by Crippen LogP contribution is -2.58. The Morgan fingerprint density at radius 3 is 2.68 bits per heavy atom. The van der Waals surface area contributed by atoms with Crippen LogP contribution in [0, 0.1) is 5.92 Å². The Morgan fingerprint density at radius 1 is 1.21 bits per heavy atom. The maximum atomic E-state index is 13.0. The predicted octanol–water partition coefficient (Wildman–Crippen LogP) is 3.08. The lowest BCUT2D eigenvalue weighted by atomic mass is 9.78. The number of imidazole rings is 1. The SMILES string of the molecule is NC1CCC(C2(N)C=C(Nc3cccc(C(F)(F)F)c3)c3nccn3N2)CC1. The first-order valence-electron chi connectivity index (χ1n) is 9.28. The molecule has 9 heteroatoms. The van der Waals surface area contributed by atoms with E-state index in [-0.39, 0.29) is 12.0 Å². The monoisotopic (exact) mass is 392 g/mol. The second-order valence-corrected chi connectivity index (χ2v) is 7.54. The smallest absolute Gasteiger partial charge is 0.353 e. The molecule has 2 aromatic rings. The molecule has 4 rings (SSSR count). The van der Waals surface area contributed by atoms with Crippen molar-refractivity contribution in [2.45, 2.75) is 43.6 Å². The Kier molecular flexibility index (Phi) is 4.59. The molecule has 0 radical (unpaired) electrons. The molecular weight excluding hydrogens is 369 g/mol. The van der Waals surface area contributed by atoms with Crippen LogP contribution in [0.4, 0.5) is 18.9 Å². The number of nitrogens with zero attached hydrogens (tertiary/aromatic N) is 2. The molecule has 0 spiro atoms. The molecule has 2 aliphatic rings. The molecule has 1 atom stereocenters. The van der Waals surface area contributed by atoms with Crippen LogP contribution in [0.25, 0.3) is 5.70 Å². The third-order valence-corrected chi connectivity index (χ3v) is 5.50. The molecule has 1 fully saturated rings. The Morgan fingerprint density at radius 2 is 1.96 bits per heavy atom. The van der Waals surface area contributed by atoms with Crippen LogP contribution in [-0.2, 0) is 6.18 Å². The van der Waals surface area contributed by atoms with E-state index in [0.29, 0.717) is 17.2 Å². The molecule has 2 heterocycles. The molecule has 1 aliphatic heterocycles. The average molecular weight is 392 g/mol. The van der Waals surface area contributed by atoms with Crippen LogP contribution in [0.2, 0.25) is 0 Å². The highest BCUT2D eigenvalue weighted by Crippen LogP contribution is 2.36. The third kappa shape index (κ3) is 3.59. The number of rotatable bonds is 3. The van der Waals surface area contributed by atoms with Gasteiger partial charge in [0.15, 0.2) is 5.82 Å². The van der Waals surface area contributed by atoms with Crippen molar-refractivity contribution in [2.75, 3.05) is 10.7 Å². The number of benzene rings is 1. The van der Waals surface area contributed by atoms with E-state index in [1.807, 2.05) is 6.08 Å². The van der Waals surface area contributed by atoms with Crippen molar-refractivity contribution < 1.29 is 13.2 Å². The first kappa shape index (κ1) is 18.8. The van der Waals surface area contributed by atoms with Gasteiger partial charge in [0.25, 0.3) is 0 Å². The van der Waals surface area contributed by atoms with Crippen molar-refractivity contribution >= 4 is 11.4 Å². The van der Waals surface area contributed by atoms with Crippen molar-refractivity contribution in [1.29, 1.82) is 0 Å². The van der Waals surface area contributed by atoms with E-state index >= 15 is 0 Å².